The summed E-state index contributed by atoms with van der Waals surface area (Å²) in [6.07, 6.45) is 1.04. The summed E-state index contributed by atoms with van der Waals surface area (Å²) >= 11 is 0. The molecule has 1 heterocycles. The van der Waals surface area contributed by atoms with Crippen LogP contribution in [0.25, 0.3) is 0 Å². The lowest BCUT2D eigenvalue weighted by Gasteiger charge is -2.37. The van der Waals surface area contributed by atoms with Crippen LogP contribution in [0.15, 0.2) is 30.3 Å². The minimum Gasteiger partial charge on any atom is -0.351 e. The van der Waals surface area contributed by atoms with Gasteiger partial charge in [-0.3, -0.25) is 15.0 Å². The predicted molar refractivity (Wildman–Crippen MR) is 85.3 cm³/mol. The molecule has 1 saturated heterocycles. The zero-order valence-corrected chi connectivity index (χ0v) is 13.0. The summed E-state index contributed by atoms with van der Waals surface area (Å²) in [5.41, 5.74) is 6.33. The fraction of sp³-hybridized carbons (Fsp3) is 0.500. The Morgan fingerprint density at radius 3 is 2.41 bits per heavy atom. The molecule has 6 nitrogen and oxygen atoms in total. The first-order chi connectivity index (χ1) is 10.6. The fourth-order valence-corrected chi connectivity index (χ4v) is 2.70. The van der Waals surface area contributed by atoms with Crippen LogP contribution in [-0.2, 0) is 11.2 Å². The van der Waals surface area contributed by atoms with Gasteiger partial charge in [0, 0.05) is 32.7 Å². The number of primary amides is 1. The Labute approximate surface area is 131 Å². The molecule has 6 heteroatoms. The van der Waals surface area contributed by atoms with E-state index in [9.17, 15) is 9.59 Å². The summed E-state index contributed by atoms with van der Waals surface area (Å²) in [5.74, 6) is -0.328. The van der Waals surface area contributed by atoms with Crippen molar-refractivity contribution in [3.05, 3.63) is 35.9 Å². The Balaban J connectivity index is 1.73. The van der Waals surface area contributed by atoms with E-state index in [0.717, 1.165) is 39.1 Å². The molecule has 1 aliphatic rings. The van der Waals surface area contributed by atoms with Gasteiger partial charge in [-0.2, -0.15) is 0 Å². The molecule has 0 bridgehead atoms. The minimum atomic E-state index is -0.793. The van der Waals surface area contributed by atoms with Crippen LogP contribution in [0.1, 0.15) is 12.5 Å². The van der Waals surface area contributed by atoms with Crippen LogP contribution < -0.4 is 11.1 Å². The summed E-state index contributed by atoms with van der Waals surface area (Å²) < 4.78 is 0. The van der Waals surface area contributed by atoms with Crippen molar-refractivity contribution in [3.63, 3.8) is 0 Å². The lowest BCUT2D eigenvalue weighted by molar-refractivity contribution is -0.125. The van der Waals surface area contributed by atoms with E-state index < -0.39 is 6.03 Å². The van der Waals surface area contributed by atoms with Crippen LogP contribution in [0.2, 0.25) is 0 Å². The van der Waals surface area contributed by atoms with Crippen molar-refractivity contribution in [2.75, 3.05) is 32.7 Å². The number of nitrogens with zero attached hydrogens (tertiary/aromatic N) is 2. The van der Waals surface area contributed by atoms with Gasteiger partial charge in [-0.25, -0.2) is 4.79 Å². The number of nitrogens with one attached hydrogen (secondary N) is 1. The molecule has 0 aromatic heterocycles. The topological polar surface area (TPSA) is 78.7 Å². The molecule has 3 amide bonds. The van der Waals surface area contributed by atoms with Crippen LogP contribution >= 0.6 is 0 Å². The Morgan fingerprint density at radius 2 is 1.82 bits per heavy atom. The lowest BCUT2D eigenvalue weighted by Crippen LogP contribution is -2.55. The average Bonchev–Trinajstić information content (AvgIpc) is 2.53. The third-order valence-corrected chi connectivity index (χ3v) is 4.14. The van der Waals surface area contributed by atoms with Gasteiger partial charge < -0.3 is 10.6 Å². The molecule has 0 radical (unpaired) electrons. The van der Waals surface area contributed by atoms with E-state index in [0.29, 0.717) is 0 Å². The Hall–Kier alpha value is -1.92. The normalized spacial score (nSPS) is 17.9. The van der Waals surface area contributed by atoms with Gasteiger partial charge in [0.2, 0.25) is 5.91 Å². The first-order valence-electron chi connectivity index (χ1n) is 7.67. The molecular weight excluding hydrogens is 280 g/mol. The maximum absolute atomic E-state index is 11.8. The van der Waals surface area contributed by atoms with E-state index in [1.807, 2.05) is 6.07 Å². The number of nitrogens with two attached hydrogens (primary N) is 1. The number of piperazine rings is 1. The molecule has 1 unspecified atom stereocenters. The standard InChI is InChI=1S/C16H24N4O2/c1-13(15(21)18-16(17)22)20-11-9-19(10-12-20)8-7-14-5-3-2-4-6-14/h2-6,13H,7-12H2,1H3,(H3,17,18,21,22). The molecule has 22 heavy (non-hydrogen) atoms. The smallest absolute Gasteiger partial charge is 0.318 e. The van der Waals surface area contributed by atoms with E-state index in [2.05, 4.69) is 39.4 Å². The number of hydrogen-bond acceptors (Lipinski definition) is 4. The van der Waals surface area contributed by atoms with E-state index in [-0.39, 0.29) is 11.9 Å². The summed E-state index contributed by atoms with van der Waals surface area (Å²) in [6, 6.07) is 9.32. The van der Waals surface area contributed by atoms with Gasteiger partial charge in [-0.1, -0.05) is 30.3 Å². The average molecular weight is 304 g/mol. The minimum absolute atomic E-state index is 0.328. The molecule has 0 aliphatic carbocycles. The fourth-order valence-electron chi connectivity index (χ4n) is 2.70. The first kappa shape index (κ1) is 16.5. The van der Waals surface area contributed by atoms with Gasteiger partial charge in [-0.15, -0.1) is 0 Å². The highest BCUT2D eigenvalue weighted by Gasteiger charge is 2.25. The highest BCUT2D eigenvalue weighted by Crippen LogP contribution is 2.08. The molecule has 1 fully saturated rings. The number of amides is 3. The summed E-state index contributed by atoms with van der Waals surface area (Å²) in [7, 11) is 0. The number of carbonyl (C=O) groups excluding carboxylic acids is 2. The zero-order chi connectivity index (χ0) is 15.9. The van der Waals surface area contributed by atoms with Crippen molar-refractivity contribution < 1.29 is 9.59 Å². The molecule has 0 saturated carbocycles. The summed E-state index contributed by atoms with van der Waals surface area (Å²) in [5, 5.41) is 2.14. The first-order valence-corrected chi connectivity index (χ1v) is 7.67. The number of rotatable bonds is 5. The number of urea groups is 1. The molecular formula is C16H24N4O2. The van der Waals surface area contributed by atoms with E-state index in [4.69, 9.17) is 5.73 Å². The van der Waals surface area contributed by atoms with Gasteiger partial charge in [0.05, 0.1) is 6.04 Å². The second-order valence-corrected chi connectivity index (χ2v) is 5.64. The maximum Gasteiger partial charge on any atom is 0.318 e. The number of hydrogen-bond donors (Lipinski definition) is 2. The van der Waals surface area contributed by atoms with Crippen LogP contribution in [0.4, 0.5) is 4.79 Å². The monoisotopic (exact) mass is 304 g/mol. The molecule has 1 aliphatic heterocycles. The van der Waals surface area contributed by atoms with E-state index in [1.54, 1.807) is 6.92 Å². The van der Waals surface area contributed by atoms with Gasteiger partial charge in [0.15, 0.2) is 0 Å². The van der Waals surface area contributed by atoms with Crippen molar-refractivity contribution in [3.8, 4) is 0 Å². The predicted octanol–water partition coefficient (Wildman–Crippen LogP) is 0.430. The second kappa shape index (κ2) is 7.91. The van der Waals surface area contributed by atoms with Crippen molar-refractivity contribution >= 4 is 11.9 Å². The molecule has 1 aromatic rings. The van der Waals surface area contributed by atoms with Crippen molar-refractivity contribution in [2.24, 2.45) is 5.73 Å². The van der Waals surface area contributed by atoms with Gasteiger partial charge in [0.1, 0.15) is 0 Å². The molecule has 0 spiro atoms. The van der Waals surface area contributed by atoms with Gasteiger partial charge in [-0.05, 0) is 18.9 Å². The highest BCUT2D eigenvalue weighted by molar-refractivity contribution is 5.96. The van der Waals surface area contributed by atoms with Crippen LogP contribution in [0.5, 0.6) is 0 Å². The quantitative estimate of drug-likeness (QED) is 0.827. The third-order valence-electron chi connectivity index (χ3n) is 4.14. The van der Waals surface area contributed by atoms with E-state index in [1.165, 1.54) is 5.56 Å². The van der Waals surface area contributed by atoms with Gasteiger partial charge in [0.25, 0.3) is 0 Å². The summed E-state index contributed by atoms with van der Waals surface area (Å²) in [4.78, 5) is 27.0. The Morgan fingerprint density at radius 1 is 1.18 bits per heavy atom. The zero-order valence-electron chi connectivity index (χ0n) is 13.0. The molecule has 2 rings (SSSR count). The number of carbonyl (C=O) groups is 2. The van der Waals surface area contributed by atoms with Crippen molar-refractivity contribution in [1.82, 2.24) is 15.1 Å². The van der Waals surface area contributed by atoms with Crippen LogP contribution in [0, 0.1) is 0 Å². The number of imide groups is 1. The highest BCUT2D eigenvalue weighted by atomic mass is 16.2. The lowest BCUT2D eigenvalue weighted by atomic mass is 10.1. The van der Waals surface area contributed by atoms with Crippen LogP contribution in [-0.4, -0.2) is 60.5 Å². The van der Waals surface area contributed by atoms with Crippen molar-refractivity contribution in [2.45, 2.75) is 19.4 Å². The third kappa shape index (κ3) is 4.82. The largest absolute Gasteiger partial charge is 0.351 e. The SMILES string of the molecule is CC(C(=O)NC(N)=O)N1CCN(CCc2ccccc2)CC1. The van der Waals surface area contributed by atoms with Crippen molar-refractivity contribution in [1.29, 1.82) is 0 Å². The molecule has 3 N–H and O–H groups in total. The Kier molecular flexibility index (Phi) is 5.91. The Bertz CT molecular complexity index is 498. The van der Waals surface area contributed by atoms with Gasteiger partial charge >= 0.3 is 6.03 Å². The number of benzene rings is 1. The summed E-state index contributed by atoms with van der Waals surface area (Å²) in [6.45, 7) is 6.34. The van der Waals surface area contributed by atoms with E-state index >= 15 is 0 Å². The molecule has 1 atom stereocenters. The molecule has 1 aromatic carbocycles. The second-order valence-electron chi connectivity index (χ2n) is 5.64. The maximum atomic E-state index is 11.8. The molecule has 120 valence electrons. The van der Waals surface area contributed by atoms with Crippen LogP contribution in [0.3, 0.4) is 0 Å².